The Labute approximate surface area is 134 Å². The number of nitrogens with one attached hydrogen (secondary N) is 1. The molecule has 1 amide bonds. The third kappa shape index (κ3) is 3.58. The second-order valence-corrected chi connectivity index (χ2v) is 5.42. The van der Waals surface area contributed by atoms with E-state index in [0.717, 1.165) is 17.8 Å². The molecule has 2 atom stereocenters. The van der Waals surface area contributed by atoms with Crippen LogP contribution in [0.15, 0.2) is 18.5 Å². The summed E-state index contributed by atoms with van der Waals surface area (Å²) < 4.78 is 3.16. The van der Waals surface area contributed by atoms with Crippen LogP contribution in [0.2, 0.25) is 0 Å². The summed E-state index contributed by atoms with van der Waals surface area (Å²) in [6, 6.07) is 0.567. The summed E-state index contributed by atoms with van der Waals surface area (Å²) in [5.74, 6) is -1.35. The molecule has 0 aromatic carbocycles. The minimum absolute atomic E-state index is 0.0854. The maximum atomic E-state index is 12.3. The van der Waals surface area contributed by atoms with Crippen LogP contribution in [0.5, 0.6) is 0 Å². The molecule has 2 rings (SSSR count). The molecule has 2 aromatic rings. The lowest BCUT2D eigenvalue weighted by Crippen LogP contribution is -2.33. The number of hydrogen-bond acceptors (Lipinski definition) is 4. The molecule has 124 valence electrons. The maximum absolute atomic E-state index is 12.3. The number of hydrogen-bond donors (Lipinski definition) is 2. The molecule has 0 radical (unpaired) electrons. The van der Waals surface area contributed by atoms with Crippen LogP contribution in [0.4, 0.5) is 0 Å². The first-order valence-corrected chi connectivity index (χ1v) is 7.46. The van der Waals surface area contributed by atoms with Crippen LogP contribution in [0.25, 0.3) is 0 Å². The Hall–Kier alpha value is -2.64. The number of amides is 1. The van der Waals surface area contributed by atoms with Crippen molar-refractivity contribution in [3.63, 3.8) is 0 Å². The zero-order valence-electron chi connectivity index (χ0n) is 13.6. The van der Waals surface area contributed by atoms with Gasteiger partial charge in [-0.3, -0.25) is 14.2 Å². The van der Waals surface area contributed by atoms with E-state index in [0.29, 0.717) is 0 Å². The van der Waals surface area contributed by atoms with Gasteiger partial charge in [-0.05, 0) is 33.8 Å². The van der Waals surface area contributed by atoms with Crippen molar-refractivity contribution < 1.29 is 14.7 Å². The number of aromatic nitrogens is 4. The van der Waals surface area contributed by atoms with Crippen molar-refractivity contribution in [1.82, 2.24) is 24.9 Å². The summed E-state index contributed by atoms with van der Waals surface area (Å²) in [5.41, 5.74) is 1.75. The molecule has 0 aliphatic heterocycles. The molecule has 8 nitrogen and oxygen atoms in total. The fourth-order valence-electron chi connectivity index (χ4n) is 2.32. The van der Waals surface area contributed by atoms with Gasteiger partial charge in [-0.1, -0.05) is 0 Å². The Balaban J connectivity index is 2.07. The average Bonchev–Trinajstić information content (AvgIpc) is 3.12. The lowest BCUT2D eigenvalue weighted by Gasteiger charge is -2.17. The van der Waals surface area contributed by atoms with E-state index in [4.69, 9.17) is 5.11 Å². The van der Waals surface area contributed by atoms with E-state index in [-0.39, 0.29) is 17.6 Å². The van der Waals surface area contributed by atoms with Gasteiger partial charge in [0.25, 0.3) is 0 Å². The lowest BCUT2D eigenvalue weighted by molar-refractivity contribution is -0.124. The van der Waals surface area contributed by atoms with Crippen molar-refractivity contribution in [3.05, 3.63) is 35.4 Å². The summed E-state index contributed by atoms with van der Waals surface area (Å²) in [6.45, 7) is 8.23. The van der Waals surface area contributed by atoms with Crippen LogP contribution in [0.1, 0.15) is 54.6 Å². The topological polar surface area (TPSA) is 102 Å². The van der Waals surface area contributed by atoms with Crippen LogP contribution in [-0.2, 0) is 11.3 Å². The standard InChI is InChI=1S/C15H21N5O3/c1-5-19-8-12(10(3)17-19)9(2)16-14(21)11(4)20-7-6-13(18-20)15(22)23/h6-9,11H,5H2,1-4H3,(H,16,21)(H,22,23). The molecule has 8 heteroatoms. The Morgan fingerprint density at radius 3 is 2.57 bits per heavy atom. The number of aromatic carboxylic acids is 1. The third-order valence-electron chi connectivity index (χ3n) is 3.74. The summed E-state index contributed by atoms with van der Waals surface area (Å²) in [6.07, 6.45) is 3.40. The molecule has 0 bridgehead atoms. The maximum Gasteiger partial charge on any atom is 0.356 e. The van der Waals surface area contributed by atoms with Gasteiger partial charge in [0.1, 0.15) is 6.04 Å². The minimum Gasteiger partial charge on any atom is -0.476 e. The van der Waals surface area contributed by atoms with Gasteiger partial charge in [-0.25, -0.2) is 4.79 Å². The number of carboxylic acids is 1. The monoisotopic (exact) mass is 319 g/mol. The van der Waals surface area contributed by atoms with Gasteiger partial charge < -0.3 is 10.4 Å². The molecule has 2 unspecified atom stereocenters. The number of rotatable bonds is 6. The molecule has 0 saturated carbocycles. The first-order valence-electron chi connectivity index (χ1n) is 7.46. The Morgan fingerprint density at radius 2 is 2.04 bits per heavy atom. The van der Waals surface area contributed by atoms with Crippen LogP contribution >= 0.6 is 0 Å². The summed E-state index contributed by atoms with van der Waals surface area (Å²) in [7, 11) is 0. The van der Waals surface area contributed by atoms with E-state index < -0.39 is 12.0 Å². The van der Waals surface area contributed by atoms with Crippen molar-refractivity contribution >= 4 is 11.9 Å². The normalized spacial score (nSPS) is 13.6. The molecule has 2 heterocycles. The van der Waals surface area contributed by atoms with E-state index in [9.17, 15) is 9.59 Å². The second-order valence-electron chi connectivity index (χ2n) is 5.42. The molecule has 0 aliphatic rings. The molecule has 0 aliphatic carbocycles. The van der Waals surface area contributed by atoms with E-state index >= 15 is 0 Å². The number of nitrogens with zero attached hydrogens (tertiary/aromatic N) is 4. The van der Waals surface area contributed by atoms with Gasteiger partial charge in [0.2, 0.25) is 5.91 Å². The summed E-state index contributed by atoms with van der Waals surface area (Å²) >= 11 is 0. The minimum atomic E-state index is -1.12. The SMILES string of the molecule is CCn1cc(C(C)NC(=O)C(C)n2ccc(C(=O)O)n2)c(C)n1. The van der Waals surface area contributed by atoms with Crippen LogP contribution in [0, 0.1) is 6.92 Å². The van der Waals surface area contributed by atoms with Gasteiger partial charge in [0.15, 0.2) is 5.69 Å². The largest absolute Gasteiger partial charge is 0.476 e. The van der Waals surface area contributed by atoms with Gasteiger partial charge in [-0.15, -0.1) is 0 Å². The first kappa shape index (κ1) is 16.7. The van der Waals surface area contributed by atoms with Gasteiger partial charge in [-0.2, -0.15) is 10.2 Å². The van der Waals surface area contributed by atoms with Crippen LogP contribution < -0.4 is 5.32 Å². The van der Waals surface area contributed by atoms with E-state index in [1.54, 1.807) is 6.92 Å². The summed E-state index contributed by atoms with van der Waals surface area (Å²) in [5, 5.41) is 20.0. The zero-order chi connectivity index (χ0) is 17.1. The highest BCUT2D eigenvalue weighted by atomic mass is 16.4. The Morgan fingerprint density at radius 1 is 1.35 bits per heavy atom. The number of carbonyl (C=O) groups is 2. The molecule has 0 fully saturated rings. The predicted molar refractivity (Wildman–Crippen MR) is 83.1 cm³/mol. The lowest BCUT2D eigenvalue weighted by atomic mass is 10.1. The highest BCUT2D eigenvalue weighted by molar-refractivity contribution is 5.85. The molecular weight excluding hydrogens is 298 g/mol. The highest BCUT2D eigenvalue weighted by Crippen LogP contribution is 2.17. The van der Waals surface area contributed by atoms with E-state index in [1.807, 2.05) is 31.6 Å². The molecular formula is C15H21N5O3. The second kappa shape index (κ2) is 6.64. The van der Waals surface area contributed by atoms with Crippen molar-refractivity contribution in [2.45, 2.75) is 46.3 Å². The fourth-order valence-corrected chi connectivity index (χ4v) is 2.32. The quantitative estimate of drug-likeness (QED) is 0.841. The number of carboxylic acid groups (broad SMARTS) is 1. The Kier molecular flexibility index (Phi) is 4.83. The number of aryl methyl sites for hydroxylation is 2. The van der Waals surface area contributed by atoms with Crippen molar-refractivity contribution in [2.24, 2.45) is 0 Å². The van der Waals surface area contributed by atoms with Gasteiger partial charge >= 0.3 is 5.97 Å². The van der Waals surface area contributed by atoms with Crippen LogP contribution in [0.3, 0.4) is 0 Å². The molecule has 23 heavy (non-hydrogen) atoms. The van der Waals surface area contributed by atoms with E-state index in [1.165, 1.54) is 16.9 Å². The highest BCUT2D eigenvalue weighted by Gasteiger charge is 2.21. The fraction of sp³-hybridized carbons (Fsp3) is 0.467. The van der Waals surface area contributed by atoms with Crippen molar-refractivity contribution in [1.29, 1.82) is 0 Å². The van der Waals surface area contributed by atoms with Gasteiger partial charge in [0.05, 0.1) is 11.7 Å². The van der Waals surface area contributed by atoms with Crippen molar-refractivity contribution in [3.8, 4) is 0 Å². The molecule has 2 aromatic heterocycles. The van der Waals surface area contributed by atoms with Gasteiger partial charge in [0, 0.05) is 24.5 Å². The number of carbonyl (C=O) groups excluding carboxylic acids is 1. The van der Waals surface area contributed by atoms with Crippen molar-refractivity contribution in [2.75, 3.05) is 0 Å². The molecule has 0 spiro atoms. The summed E-state index contributed by atoms with van der Waals surface area (Å²) in [4.78, 5) is 23.2. The first-order chi connectivity index (χ1) is 10.8. The Bertz CT molecular complexity index is 719. The third-order valence-corrected chi connectivity index (χ3v) is 3.74. The zero-order valence-corrected chi connectivity index (χ0v) is 13.6. The smallest absolute Gasteiger partial charge is 0.356 e. The van der Waals surface area contributed by atoms with Crippen LogP contribution in [-0.4, -0.2) is 36.5 Å². The van der Waals surface area contributed by atoms with E-state index in [2.05, 4.69) is 15.5 Å². The predicted octanol–water partition coefficient (Wildman–Crippen LogP) is 1.54. The average molecular weight is 319 g/mol. The molecule has 2 N–H and O–H groups in total. The molecule has 0 saturated heterocycles.